The van der Waals surface area contributed by atoms with Crippen LogP contribution in [0.5, 0.6) is 5.75 Å². The summed E-state index contributed by atoms with van der Waals surface area (Å²) >= 11 is 0. The van der Waals surface area contributed by atoms with E-state index in [1.165, 1.54) is 47.3 Å². The monoisotopic (exact) mass is 505 g/mol. The van der Waals surface area contributed by atoms with E-state index < -0.39 is 33.9 Å². The van der Waals surface area contributed by atoms with Crippen molar-refractivity contribution in [3.63, 3.8) is 0 Å². The number of ether oxygens (including phenoxy) is 1. The average Bonchev–Trinajstić information content (AvgIpc) is 3.33. The third-order valence-corrected chi connectivity index (χ3v) is 5.64. The number of nitrogens with zero attached hydrogens (tertiary/aromatic N) is 5. The molecule has 34 heavy (non-hydrogen) atoms. The highest BCUT2D eigenvalue weighted by molar-refractivity contribution is 7.92. The third-order valence-electron chi connectivity index (χ3n) is 4.21. The smallest absolute Gasteiger partial charge is 0.406 e. The van der Waals surface area contributed by atoms with Crippen molar-refractivity contribution in [1.29, 1.82) is 0 Å². The van der Waals surface area contributed by atoms with Crippen LogP contribution in [0.1, 0.15) is 11.6 Å². The van der Waals surface area contributed by atoms with Crippen molar-refractivity contribution in [3.8, 4) is 17.1 Å². The van der Waals surface area contributed by atoms with Crippen LogP contribution in [0.15, 0.2) is 57.7 Å². The number of hydrogen-bond donors (Lipinski definition) is 0. The van der Waals surface area contributed by atoms with Gasteiger partial charge >= 0.3 is 18.4 Å². The molecule has 8 nitrogen and oxygen atoms in total. The summed E-state index contributed by atoms with van der Waals surface area (Å²) in [5.74, 6) is -2.27. The Morgan fingerprint density at radius 2 is 1.74 bits per heavy atom. The predicted octanol–water partition coefficient (Wildman–Crippen LogP) is 5.23. The molecule has 180 valence electrons. The minimum Gasteiger partial charge on any atom is -0.406 e. The summed E-state index contributed by atoms with van der Waals surface area (Å²) in [4.78, 5) is 7.64. The molecule has 0 N–H and O–H groups in total. The maximum Gasteiger partial charge on any atom is 0.573 e. The predicted molar refractivity (Wildman–Crippen MR) is 106 cm³/mol. The maximum atomic E-state index is 12.9. The highest BCUT2D eigenvalue weighted by Crippen LogP contribution is 2.30. The molecule has 0 aliphatic heterocycles. The van der Waals surface area contributed by atoms with Crippen LogP contribution in [-0.2, 0) is 21.7 Å². The van der Waals surface area contributed by atoms with Gasteiger partial charge in [-0.25, -0.2) is 9.19 Å². The van der Waals surface area contributed by atoms with Crippen molar-refractivity contribution < 1.29 is 39.8 Å². The van der Waals surface area contributed by atoms with Crippen molar-refractivity contribution in [2.45, 2.75) is 18.3 Å². The molecule has 0 saturated carbocycles. The van der Waals surface area contributed by atoms with E-state index in [4.69, 9.17) is 0 Å². The number of benzene rings is 1. The Morgan fingerprint density at radius 3 is 2.35 bits per heavy atom. The lowest BCUT2D eigenvalue weighted by molar-refractivity contribution is -0.274. The molecule has 0 amide bonds. The number of fused-ring (bicyclic) bond motifs is 1. The van der Waals surface area contributed by atoms with Gasteiger partial charge in [0, 0.05) is 24.2 Å². The number of imidazole rings is 1. The zero-order valence-electron chi connectivity index (χ0n) is 17.0. The van der Waals surface area contributed by atoms with E-state index in [1.807, 2.05) is 0 Å². The van der Waals surface area contributed by atoms with Crippen molar-refractivity contribution >= 4 is 21.1 Å². The van der Waals surface area contributed by atoms with Crippen LogP contribution in [0.2, 0.25) is 0 Å². The Balaban J connectivity index is 1.54. The Bertz CT molecular complexity index is 1450. The third kappa shape index (κ3) is 5.65. The number of pyridine rings is 1. The fraction of sp³-hybridized carbons (Fsp3) is 0.211. The Labute approximate surface area is 187 Å². The van der Waals surface area contributed by atoms with E-state index in [2.05, 4.69) is 28.7 Å². The molecule has 1 unspecified atom stereocenters. The second-order valence-corrected chi connectivity index (χ2v) is 9.46. The molecule has 0 aliphatic carbocycles. The molecular weight excluding hydrogens is 492 g/mol. The van der Waals surface area contributed by atoms with Gasteiger partial charge in [-0.1, -0.05) is 5.16 Å². The molecule has 4 aromatic rings. The van der Waals surface area contributed by atoms with E-state index in [0.29, 0.717) is 11.3 Å². The Kier molecular flexibility index (Phi) is 5.75. The number of aromatic nitrogens is 4. The number of halogens is 6. The lowest BCUT2D eigenvalue weighted by Crippen LogP contribution is -2.16. The van der Waals surface area contributed by atoms with Crippen LogP contribution in [0, 0.1) is 0 Å². The Morgan fingerprint density at radius 1 is 1.03 bits per heavy atom. The van der Waals surface area contributed by atoms with Gasteiger partial charge in [-0.3, -0.25) is 0 Å². The quantitative estimate of drug-likeness (QED) is 0.345. The van der Waals surface area contributed by atoms with Crippen LogP contribution in [0.25, 0.3) is 17.0 Å². The van der Waals surface area contributed by atoms with Crippen LogP contribution in [-0.4, -0.2) is 36.4 Å². The summed E-state index contributed by atoms with van der Waals surface area (Å²) in [7, 11) is -2.89. The standard InChI is InChI=1S/C19H13F6N5O3S/c1-34(31,29-12-3-5-14(6-4-12)32-19(23,24)25)10-13-9-30-8-11(2-7-15(30)26-13)16-27-17(33-28-16)18(20,21)22/h2-9H,10H2,1H3. The van der Waals surface area contributed by atoms with Crippen molar-refractivity contribution in [1.82, 2.24) is 19.5 Å². The SMILES string of the molecule is CS(=O)(Cc1cn2cc(-c3noc(C(F)(F)F)n3)ccc2n1)=Nc1ccc(OC(F)(F)F)cc1. The van der Waals surface area contributed by atoms with Crippen molar-refractivity contribution in [3.05, 3.63) is 60.4 Å². The molecule has 0 aliphatic rings. The highest BCUT2D eigenvalue weighted by Gasteiger charge is 2.38. The molecule has 3 heterocycles. The van der Waals surface area contributed by atoms with Crippen LogP contribution in [0.3, 0.4) is 0 Å². The molecule has 15 heteroatoms. The lowest BCUT2D eigenvalue weighted by atomic mass is 10.3. The largest absolute Gasteiger partial charge is 0.573 e. The summed E-state index contributed by atoms with van der Waals surface area (Å²) < 4.78 is 101. The first-order valence-corrected chi connectivity index (χ1v) is 11.3. The van der Waals surface area contributed by atoms with E-state index >= 15 is 0 Å². The van der Waals surface area contributed by atoms with Gasteiger partial charge in [0.05, 0.1) is 26.9 Å². The summed E-state index contributed by atoms with van der Waals surface area (Å²) in [6.45, 7) is 0. The molecule has 3 aromatic heterocycles. The fourth-order valence-corrected chi connectivity index (χ4v) is 4.26. The number of alkyl halides is 6. The van der Waals surface area contributed by atoms with Gasteiger partial charge in [0.2, 0.25) is 5.82 Å². The van der Waals surface area contributed by atoms with Gasteiger partial charge in [0.15, 0.2) is 0 Å². The molecule has 1 atom stereocenters. The van der Waals surface area contributed by atoms with Gasteiger partial charge in [-0.05, 0) is 36.4 Å². The first-order chi connectivity index (χ1) is 15.8. The minimum atomic E-state index is -4.83. The molecule has 0 saturated heterocycles. The van der Waals surface area contributed by atoms with Gasteiger partial charge in [-0.2, -0.15) is 22.5 Å². The van der Waals surface area contributed by atoms with Gasteiger partial charge in [-0.15, -0.1) is 13.2 Å². The molecule has 0 fully saturated rings. The number of rotatable bonds is 5. The molecule has 4 rings (SSSR count). The van der Waals surface area contributed by atoms with E-state index in [0.717, 1.165) is 12.1 Å². The van der Waals surface area contributed by atoms with Gasteiger partial charge in [0.25, 0.3) is 0 Å². The zero-order chi connectivity index (χ0) is 24.7. The summed E-state index contributed by atoms with van der Waals surface area (Å²) in [6.07, 6.45) is -5.29. The molecule has 0 radical (unpaired) electrons. The second kappa shape index (κ2) is 8.30. The molecule has 1 aromatic carbocycles. The molecule has 0 spiro atoms. The van der Waals surface area contributed by atoms with Crippen molar-refractivity contribution in [2.24, 2.45) is 4.36 Å². The number of hydrogen-bond acceptors (Lipinski definition) is 7. The molecule has 0 bridgehead atoms. The van der Waals surface area contributed by atoms with E-state index in [-0.39, 0.29) is 22.8 Å². The van der Waals surface area contributed by atoms with E-state index in [9.17, 15) is 30.6 Å². The fourth-order valence-electron chi connectivity index (χ4n) is 2.94. The highest BCUT2D eigenvalue weighted by atomic mass is 32.2. The average molecular weight is 505 g/mol. The van der Waals surface area contributed by atoms with Crippen LogP contribution >= 0.6 is 0 Å². The van der Waals surface area contributed by atoms with Gasteiger partial charge in [0.1, 0.15) is 11.4 Å². The summed E-state index contributed by atoms with van der Waals surface area (Å²) in [5.41, 5.74) is 1.21. The lowest BCUT2D eigenvalue weighted by Gasteiger charge is -2.08. The summed E-state index contributed by atoms with van der Waals surface area (Å²) in [5, 5.41) is 3.33. The maximum absolute atomic E-state index is 12.9. The minimum absolute atomic E-state index is 0.0920. The summed E-state index contributed by atoms with van der Waals surface area (Å²) in [6, 6.07) is 7.54. The first kappa shape index (κ1) is 23.5. The topological polar surface area (TPSA) is 94.9 Å². The molecular formula is C19H13F6N5O3S. The zero-order valence-corrected chi connectivity index (χ0v) is 17.8. The van der Waals surface area contributed by atoms with E-state index in [1.54, 1.807) is 0 Å². The van der Waals surface area contributed by atoms with Crippen LogP contribution < -0.4 is 4.74 Å². The first-order valence-electron chi connectivity index (χ1n) is 9.22. The van der Waals surface area contributed by atoms with Crippen molar-refractivity contribution in [2.75, 3.05) is 6.26 Å². The normalized spacial score (nSPS) is 14.2. The van der Waals surface area contributed by atoms with Crippen LogP contribution in [0.4, 0.5) is 32.0 Å². The second-order valence-electron chi connectivity index (χ2n) is 7.07. The van der Waals surface area contributed by atoms with Gasteiger partial charge < -0.3 is 13.7 Å². The Hall–Kier alpha value is -3.62.